The average molecular weight is 194 g/mol. The molecule has 0 N–H and O–H groups in total. The van der Waals surface area contributed by atoms with E-state index in [0.29, 0.717) is 13.8 Å². The molecular formula is C6H8F6. The molecule has 12 heavy (non-hydrogen) atoms. The molecule has 0 spiro atoms. The van der Waals surface area contributed by atoms with Gasteiger partial charge in [-0.1, -0.05) is 13.8 Å². The van der Waals surface area contributed by atoms with Gasteiger partial charge in [0.05, 0.1) is 5.41 Å². The van der Waals surface area contributed by atoms with Crippen molar-refractivity contribution >= 4 is 0 Å². The lowest BCUT2D eigenvalue weighted by Gasteiger charge is -2.32. The summed E-state index contributed by atoms with van der Waals surface area (Å²) in [6.07, 6.45) is -5.69. The van der Waals surface area contributed by atoms with Crippen LogP contribution in [0.5, 0.6) is 0 Å². The van der Waals surface area contributed by atoms with Gasteiger partial charge in [-0.2, -0.15) is 22.0 Å². The van der Waals surface area contributed by atoms with Gasteiger partial charge in [0.2, 0.25) is 0 Å². The van der Waals surface area contributed by atoms with Gasteiger partial charge < -0.3 is 0 Å². The second-order valence-corrected chi connectivity index (χ2v) is 3.09. The van der Waals surface area contributed by atoms with Crippen LogP contribution in [0.3, 0.4) is 0 Å². The Hall–Kier alpha value is -0.420. The molecule has 0 aliphatic carbocycles. The normalized spacial score (nSPS) is 15.0. The molecule has 0 bridgehead atoms. The third-order valence-electron chi connectivity index (χ3n) is 1.54. The Bertz CT molecular complexity index is 156. The van der Waals surface area contributed by atoms with Crippen molar-refractivity contribution in [2.24, 2.45) is 5.41 Å². The minimum atomic E-state index is -5.69. The van der Waals surface area contributed by atoms with Crippen LogP contribution in [0.2, 0.25) is 0 Å². The van der Waals surface area contributed by atoms with Crippen molar-refractivity contribution < 1.29 is 26.3 Å². The largest absolute Gasteiger partial charge is 0.453 e. The fourth-order valence-electron chi connectivity index (χ4n) is 0.468. The highest BCUT2D eigenvalue weighted by molar-refractivity contribution is 4.90. The van der Waals surface area contributed by atoms with Gasteiger partial charge in [-0.3, -0.25) is 4.39 Å². The van der Waals surface area contributed by atoms with E-state index in [4.69, 9.17) is 0 Å². The lowest BCUT2D eigenvalue weighted by atomic mass is 9.87. The molecule has 0 aromatic heterocycles. The van der Waals surface area contributed by atoms with E-state index in [9.17, 15) is 26.3 Å². The van der Waals surface area contributed by atoms with Crippen LogP contribution >= 0.6 is 0 Å². The quantitative estimate of drug-likeness (QED) is 0.592. The Morgan fingerprint density at radius 3 is 1.33 bits per heavy atom. The number of hydrogen-bond acceptors (Lipinski definition) is 0. The van der Waals surface area contributed by atoms with Gasteiger partial charge >= 0.3 is 12.1 Å². The van der Waals surface area contributed by atoms with Gasteiger partial charge in [-0.25, -0.2) is 0 Å². The standard InChI is InChI=1S/C6H8F6/c1-4(2,3-7)5(8,9)6(10,11)12/h3H2,1-2H3. The van der Waals surface area contributed by atoms with Crippen LogP contribution in [0, 0.1) is 5.41 Å². The summed E-state index contributed by atoms with van der Waals surface area (Å²) in [5.74, 6) is -4.99. The summed E-state index contributed by atoms with van der Waals surface area (Å²) >= 11 is 0. The zero-order valence-electron chi connectivity index (χ0n) is 6.47. The fourth-order valence-corrected chi connectivity index (χ4v) is 0.468. The maximum atomic E-state index is 12.3. The SMILES string of the molecule is CC(C)(CF)C(F)(F)C(F)(F)F. The molecule has 0 saturated heterocycles. The first kappa shape index (κ1) is 11.6. The highest BCUT2D eigenvalue weighted by Gasteiger charge is 2.66. The van der Waals surface area contributed by atoms with Crippen molar-refractivity contribution in [1.82, 2.24) is 0 Å². The van der Waals surface area contributed by atoms with E-state index in [2.05, 4.69) is 0 Å². The fraction of sp³-hybridized carbons (Fsp3) is 1.00. The number of rotatable bonds is 2. The lowest BCUT2D eigenvalue weighted by Crippen LogP contribution is -2.50. The second kappa shape index (κ2) is 2.81. The Morgan fingerprint density at radius 2 is 1.25 bits per heavy atom. The highest BCUT2D eigenvalue weighted by Crippen LogP contribution is 2.47. The first-order chi connectivity index (χ1) is 5.06. The van der Waals surface area contributed by atoms with Crippen molar-refractivity contribution in [3.63, 3.8) is 0 Å². The smallest absolute Gasteiger partial charge is 0.250 e. The van der Waals surface area contributed by atoms with E-state index in [0.717, 1.165) is 0 Å². The van der Waals surface area contributed by atoms with Crippen LogP contribution in [0.4, 0.5) is 26.3 Å². The van der Waals surface area contributed by atoms with Gasteiger partial charge in [0.25, 0.3) is 0 Å². The zero-order chi connectivity index (χ0) is 10.2. The monoisotopic (exact) mass is 194 g/mol. The van der Waals surface area contributed by atoms with Crippen molar-refractivity contribution in [3.05, 3.63) is 0 Å². The summed E-state index contributed by atoms with van der Waals surface area (Å²) in [5, 5.41) is 0. The van der Waals surface area contributed by atoms with Crippen LogP contribution in [-0.4, -0.2) is 18.8 Å². The molecule has 0 rings (SSSR count). The third-order valence-corrected chi connectivity index (χ3v) is 1.54. The third kappa shape index (κ3) is 1.67. The van der Waals surface area contributed by atoms with E-state index in [1.165, 1.54) is 0 Å². The van der Waals surface area contributed by atoms with Crippen LogP contribution in [-0.2, 0) is 0 Å². The lowest BCUT2D eigenvalue weighted by molar-refractivity contribution is -0.322. The van der Waals surface area contributed by atoms with Gasteiger partial charge in [0.15, 0.2) is 0 Å². The molecule has 0 nitrogen and oxygen atoms in total. The van der Waals surface area contributed by atoms with E-state index < -0.39 is 24.2 Å². The van der Waals surface area contributed by atoms with Crippen LogP contribution in [0.1, 0.15) is 13.8 Å². The zero-order valence-corrected chi connectivity index (χ0v) is 6.47. The van der Waals surface area contributed by atoms with Gasteiger partial charge in [0, 0.05) is 0 Å². The maximum absolute atomic E-state index is 12.3. The number of alkyl halides is 6. The van der Waals surface area contributed by atoms with E-state index in [1.54, 1.807) is 0 Å². The van der Waals surface area contributed by atoms with E-state index >= 15 is 0 Å². The molecule has 0 saturated carbocycles. The molecule has 0 heterocycles. The molecule has 0 unspecified atom stereocenters. The Morgan fingerprint density at radius 1 is 0.917 bits per heavy atom. The van der Waals surface area contributed by atoms with Crippen LogP contribution in [0.25, 0.3) is 0 Å². The molecule has 0 amide bonds. The van der Waals surface area contributed by atoms with Gasteiger partial charge in [-0.15, -0.1) is 0 Å². The first-order valence-corrected chi connectivity index (χ1v) is 3.07. The maximum Gasteiger partial charge on any atom is 0.453 e. The van der Waals surface area contributed by atoms with Crippen molar-refractivity contribution in [1.29, 1.82) is 0 Å². The summed E-state index contributed by atoms with van der Waals surface area (Å²) in [6, 6.07) is 0. The molecule has 0 fully saturated rings. The van der Waals surface area contributed by atoms with Crippen molar-refractivity contribution in [2.75, 3.05) is 6.67 Å². The summed E-state index contributed by atoms with van der Waals surface area (Å²) in [7, 11) is 0. The first-order valence-electron chi connectivity index (χ1n) is 3.07. The molecule has 0 aromatic carbocycles. The van der Waals surface area contributed by atoms with E-state index in [1.807, 2.05) is 0 Å². The topological polar surface area (TPSA) is 0 Å². The molecular weight excluding hydrogens is 186 g/mol. The molecule has 0 aliphatic rings. The predicted octanol–water partition coefficient (Wildman–Crippen LogP) is 3.18. The summed E-state index contributed by atoms with van der Waals surface area (Å²) in [4.78, 5) is 0. The second-order valence-electron chi connectivity index (χ2n) is 3.09. The average Bonchev–Trinajstić information content (AvgIpc) is 1.85. The van der Waals surface area contributed by atoms with Gasteiger partial charge in [-0.05, 0) is 0 Å². The Kier molecular flexibility index (Phi) is 2.71. The minimum absolute atomic E-state index is 0.528. The molecule has 0 aliphatic heterocycles. The van der Waals surface area contributed by atoms with Crippen LogP contribution < -0.4 is 0 Å². The molecule has 0 aromatic rings. The number of hydrogen-bond donors (Lipinski definition) is 0. The Balaban J connectivity index is 4.85. The highest BCUT2D eigenvalue weighted by atomic mass is 19.4. The minimum Gasteiger partial charge on any atom is -0.250 e. The molecule has 0 atom stereocenters. The van der Waals surface area contributed by atoms with Crippen LogP contribution in [0.15, 0.2) is 0 Å². The van der Waals surface area contributed by atoms with Crippen molar-refractivity contribution in [3.8, 4) is 0 Å². The van der Waals surface area contributed by atoms with Crippen molar-refractivity contribution in [2.45, 2.75) is 25.9 Å². The number of halogens is 6. The summed E-state index contributed by atoms with van der Waals surface area (Å²) in [5.41, 5.74) is -2.70. The molecule has 0 radical (unpaired) electrons. The van der Waals surface area contributed by atoms with Gasteiger partial charge in [0.1, 0.15) is 6.67 Å². The summed E-state index contributed by atoms with van der Waals surface area (Å²) in [6.45, 7) is -0.666. The van der Waals surface area contributed by atoms with E-state index in [-0.39, 0.29) is 0 Å². The summed E-state index contributed by atoms with van der Waals surface area (Å²) < 4.78 is 71.3. The predicted molar refractivity (Wildman–Crippen MR) is 30.8 cm³/mol. The molecule has 6 heteroatoms. The Labute approximate surface area is 65.6 Å². The molecule has 74 valence electrons.